The van der Waals surface area contributed by atoms with Crippen molar-refractivity contribution in [3.63, 3.8) is 0 Å². The molecule has 0 aliphatic heterocycles. The molecule has 0 radical (unpaired) electrons. The molecule has 15 heavy (non-hydrogen) atoms. The maximum atomic E-state index is 12.7. The Morgan fingerprint density at radius 1 is 1.53 bits per heavy atom. The summed E-state index contributed by atoms with van der Waals surface area (Å²) in [4.78, 5) is 10.6. The second-order valence-corrected chi connectivity index (χ2v) is 3.64. The zero-order valence-corrected chi connectivity index (χ0v) is 9.18. The van der Waals surface area contributed by atoms with Gasteiger partial charge in [-0.25, -0.2) is 4.39 Å². The van der Waals surface area contributed by atoms with Gasteiger partial charge in [0.05, 0.1) is 11.6 Å². The summed E-state index contributed by atoms with van der Waals surface area (Å²) in [6, 6.07) is 3.96. The fourth-order valence-corrected chi connectivity index (χ4v) is 1.32. The van der Waals surface area contributed by atoms with Crippen molar-refractivity contribution in [2.24, 2.45) is 0 Å². The maximum Gasteiger partial charge on any atom is 0.138 e. The summed E-state index contributed by atoms with van der Waals surface area (Å²) in [6.07, 6.45) is 1.13. The summed E-state index contributed by atoms with van der Waals surface area (Å²) in [5.74, 6) is 0.182. The third-order valence-corrected chi connectivity index (χ3v) is 2.12. The van der Waals surface area contributed by atoms with E-state index < -0.39 is 5.82 Å². The van der Waals surface area contributed by atoms with Crippen molar-refractivity contribution >= 4 is 17.4 Å². The van der Waals surface area contributed by atoms with Gasteiger partial charge in [0, 0.05) is 6.42 Å². The lowest BCUT2D eigenvalue weighted by molar-refractivity contribution is -0.117. The standard InChI is InChI=1S/C11H12ClFO2/c1-8(14)3-2-6-15-11-5-4-9(13)7-10(11)12/h4-5,7H,2-3,6H2,1H3. The van der Waals surface area contributed by atoms with E-state index in [1.165, 1.54) is 25.1 Å². The zero-order chi connectivity index (χ0) is 11.3. The van der Waals surface area contributed by atoms with Crippen LogP contribution in [0.25, 0.3) is 0 Å². The number of carbonyl (C=O) groups is 1. The van der Waals surface area contributed by atoms with Gasteiger partial charge in [-0.3, -0.25) is 0 Å². The lowest BCUT2D eigenvalue weighted by atomic mass is 10.2. The number of ether oxygens (including phenoxy) is 1. The van der Waals surface area contributed by atoms with Crippen molar-refractivity contribution in [3.8, 4) is 5.75 Å². The summed E-state index contributed by atoms with van der Waals surface area (Å²) in [7, 11) is 0. The van der Waals surface area contributed by atoms with Gasteiger partial charge >= 0.3 is 0 Å². The van der Waals surface area contributed by atoms with Crippen LogP contribution in [0.4, 0.5) is 4.39 Å². The number of carbonyl (C=O) groups excluding carboxylic acids is 1. The van der Waals surface area contributed by atoms with Gasteiger partial charge in [-0.05, 0) is 31.5 Å². The Morgan fingerprint density at radius 2 is 2.27 bits per heavy atom. The number of ketones is 1. The highest BCUT2D eigenvalue weighted by atomic mass is 35.5. The molecule has 0 aliphatic carbocycles. The first-order valence-corrected chi connectivity index (χ1v) is 5.04. The quantitative estimate of drug-likeness (QED) is 0.726. The number of hydrogen-bond acceptors (Lipinski definition) is 2. The van der Waals surface area contributed by atoms with Crippen LogP contribution in [-0.4, -0.2) is 12.4 Å². The number of benzene rings is 1. The number of halogens is 2. The minimum Gasteiger partial charge on any atom is -0.492 e. The SMILES string of the molecule is CC(=O)CCCOc1ccc(F)cc1Cl. The number of hydrogen-bond donors (Lipinski definition) is 0. The summed E-state index contributed by atoms with van der Waals surface area (Å²) in [5, 5.41) is 0.248. The second-order valence-electron chi connectivity index (χ2n) is 3.23. The molecule has 0 amide bonds. The lowest BCUT2D eigenvalue weighted by Crippen LogP contribution is -2.00. The van der Waals surface area contributed by atoms with Gasteiger partial charge < -0.3 is 9.53 Å². The molecule has 0 unspecified atom stereocenters. The van der Waals surface area contributed by atoms with E-state index >= 15 is 0 Å². The minimum absolute atomic E-state index is 0.129. The molecule has 0 bridgehead atoms. The monoisotopic (exact) mass is 230 g/mol. The van der Waals surface area contributed by atoms with E-state index in [2.05, 4.69) is 0 Å². The fourth-order valence-electron chi connectivity index (χ4n) is 1.10. The van der Waals surface area contributed by atoms with Crippen molar-refractivity contribution in [3.05, 3.63) is 29.0 Å². The predicted molar refractivity (Wildman–Crippen MR) is 56.8 cm³/mol. The molecule has 0 saturated carbocycles. The molecule has 0 aromatic heterocycles. The summed E-state index contributed by atoms with van der Waals surface area (Å²) in [6.45, 7) is 1.94. The van der Waals surface area contributed by atoms with E-state index in [0.29, 0.717) is 25.2 Å². The van der Waals surface area contributed by atoms with E-state index in [1.807, 2.05) is 0 Å². The van der Waals surface area contributed by atoms with Crippen LogP contribution in [-0.2, 0) is 4.79 Å². The summed E-state index contributed by atoms with van der Waals surface area (Å²) < 4.78 is 17.9. The molecule has 1 rings (SSSR count). The van der Waals surface area contributed by atoms with Gasteiger partial charge in [0.15, 0.2) is 0 Å². The van der Waals surface area contributed by atoms with E-state index in [0.717, 1.165) is 0 Å². The first kappa shape index (κ1) is 12.0. The van der Waals surface area contributed by atoms with Crippen LogP contribution in [0.1, 0.15) is 19.8 Å². The molecule has 0 aliphatic rings. The molecule has 0 heterocycles. The van der Waals surface area contributed by atoms with Crippen LogP contribution < -0.4 is 4.74 Å². The lowest BCUT2D eigenvalue weighted by Gasteiger charge is -2.06. The van der Waals surface area contributed by atoms with Crippen LogP contribution in [0.3, 0.4) is 0 Å². The first-order valence-electron chi connectivity index (χ1n) is 4.67. The van der Waals surface area contributed by atoms with Crippen molar-refractivity contribution < 1.29 is 13.9 Å². The molecular weight excluding hydrogens is 219 g/mol. The van der Waals surface area contributed by atoms with Gasteiger partial charge in [0.1, 0.15) is 17.3 Å². The normalized spacial score (nSPS) is 10.1. The Kier molecular flexibility index (Phi) is 4.56. The first-order chi connectivity index (χ1) is 7.09. The van der Waals surface area contributed by atoms with Gasteiger partial charge in [-0.2, -0.15) is 0 Å². The van der Waals surface area contributed by atoms with Gasteiger partial charge in [0.25, 0.3) is 0 Å². The minimum atomic E-state index is -0.393. The summed E-state index contributed by atoms with van der Waals surface area (Å²) >= 11 is 5.74. The largest absolute Gasteiger partial charge is 0.492 e. The molecule has 0 fully saturated rings. The van der Waals surface area contributed by atoms with Crippen LogP contribution in [0, 0.1) is 5.82 Å². The average molecular weight is 231 g/mol. The number of Topliss-reactive ketones (excluding diaryl/α,β-unsaturated/α-hetero) is 1. The molecule has 0 spiro atoms. The molecule has 0 N–H and O–H groups in total. The molecule has 0 atom stereocenters. The molecule has 1 aromatic carbocycles. The van der Waals surface area contributed by atoms with Gasteiger partial charge in [0.2, 0.25) is 0 Å². The van der Waals surface area contributed by atoms with Crippen LogP contribution in [0.2, 0.25) is 5.02 Å². The Morgan fingerprint density at radius 3 is 2.87 bits per heavy atom. The van der Waals surface area contributed by atoms with E-state index in [1.54, 1.807) is 0 Å². The highest BCUT2D eigenvalue weighted by molar-refractivity contribution is 6.32. The van der Waals surface area contributed by atoms with Crippen molar-refractivity contribution in [1.29, 1.82) is 0 Å². The van der Waals surface area contributed by atoms with Crippen molar-refractivity contribution in [1.82, 2.24) is 0 Å². The molecule has 2 nitrogen and oxygen atoms in total. The molecule has 0 saturated heterocycles. The topological polar surface area (TPSA) is 26.3 Å². The second kappa shape index (κ2) is 5.71. The van der Waals surface area contributed by atoms with E-state index in [4.69, 9.17) is 16.3 Å². The van der Waals surface area contributed by atoms with Gasteiger partial charge in [-0.1, -0.05) is 11.6 Å². The van der Waals surface area contributed by atoms with E-state index in [-0.39, 0.29) is 10.8 Å². The molecule has 1 aromatic rings. The highest BCUT2D eigenvalue weighted by Crippen LogP contribution is 2.24. The van der Waals surface area contributed by atoms with Crippen molar-refractivity contribution in [2.45, 2.75) is 19.8 Å². The molecular formula is C11H12ClFO2. The smallest absolute Gasteiger partial charge is 0.138 e. The highest BCUT2D eigenvalue weighted by Gasteiger charge is 2.02. The number of rotatable bonds is 5. The third-order valence-electron chi connectivity index (χ3n) is 1.82. The van der Waals surface area contributed by atoms with Crippen molar-refractivity contribution in [2.75, 3.05) is 6.61 Å². The molecule has 82 valence electrons. The van der Waals surface area contributed by atoms with Gasteiger partial charge in [-0.15, -0.1) is 0 Å². The molecule has 4 heteroatoms. The predicted octanol–water partition coefficient (Wildman–Crippen LogP) is 3.23. The van der Waals surface area contributed by atoms with Crippen LogP contribution >= 0.6 is 11.6 Å². The average Bonchev–Trinajstić information content (AvgIpc) is 2.14. The Balaban J connectivity index is 2.40. The van der Waals surface area contributed by atoms with E-state index in [9.17, 15) is 9.18 Å². The Hall–Kier alpha value is -1.09. The summed E-state index contributed by atoms with van der Waals surface area (Å²) in [5.41, 5.74) is 0. The maximum absolute atomic E-state index is 12.7. The Bertz CT molecular complexity index is 352. The Labute approximate surface area is 93.0 Å². The van der Waals surface area contributed by atoms with Crippen LogP contribution in [0.5, 0.6) is 5.75 Å². The fraction of sp³-hybridized carbons (Fsp3) is 0.364. The zero-order valence-electron chi connectivity index (χ0n) is 8.43. The third kappa shape index (κ3) is 4.30. The van der Waals surface area contributed by atoms with Crippen LogP contribution in [0.15, 0.2) is 18.2 Å².